The van der Waals surface area contributed by atoms with Crippen molar-refractivity contribution in [1.82, 2.24) is 15.1 Å². The molecular weight excluding hydrogens is 216 g/mol. The zero-order chi connectivity index (χ0) is 12.3. The average Bonchev–Trinajstić information content (AvgIpc) is 2.80. The molecule has 5 heteroatoms. The van der Waals surface area contributed by atoms with Gasteiger partial charge in [0.25, 0.3) is 0 Å². The van der Waals surface area contributed by atoms with Crippen LogP contribution in [0.25, 0.3) is 11.4 Å². The van der Waals surface area contributed by atoms with Crippen molar-refractivity contribution < 1.29 is 4.52 Å². The summed E-state index contributed by atoms with van der Waals surface area (Å²) in [5.41, 5.74) is 6.61. The van der Waals surface area contributed by atoms with Crippen molar-refractivity contribution in [2.24, 2.45) is 11.7 Å². The number of rotatable bonds is 4. The molecule has 0 amide bonds. The molecule has 0 radical (unpaired) electrons. The Labute approximate surface area is 100 Å². The Morgan fingerprint density at radius 1 is 1.29 bits per heavy atom. The van der Waals surface area contributed by atoms with Crippen LogP contribution in [0.1, 0.15) is 25.7 Å². The average molecular weight is 232 g/mol. The fourth-order valence-corrected chi connectivity index (χ4v) is 1.66. The van der Waals surface area contributed by atoms with Crippen LogP contribution in [0.5, 0.6) is 0 Å². The van der Waals surface area contributed by atoms with Gasteiger partial charge >= 0.3 is 0 Å². The molecule has 1 atom stereocenters. The molecule has 17 heavy (non-hydrogen) atoms. The van der Waals surface area contributed by atoms with E-state index >= 15 is 0 Å². The standard InChI is InChI=1S/C12H16N4O/c1-8(2)10(7-13)12-15-11(16-17-12)9-3-5-14-6-4-9/h3-6,8,10H,7,13H2,1-2H3. The topological polar surface area (TPSA) is 77.8 Å². The van der Waals surface area contributed by atoms with Crippen molar-refractivity contribution in [3.05, 3.63) is 30.4 Å². The quantitative estimate of drug-likeness (QED) is 0.870. The van der Waals surface area contributed by atoms with Gasteiger partial charge in [-0.1, -0.05) is 19.0 Å². The Balaban J connectivity index is 2.27. The van der Waals surface area contributed by atoms with E-state index in [2.05, 4.69) is 29.0 Å². The van der Waals surface area contributed by atoms with Gasteiger partial charge in [0.05, 0.1) is 5.92 Å². The molecule has 1 unspecified atom stereocenters. The van der Waals surface area contributed by atoms with Crippen LogP contribution in [0.4, 0.5) is 0 Å². The number of nitrogens with zero attached hydrogens (tertiary/aromatic N) is 3. The van der Waals surface area contributed by atoms with E-state index in [0.29, 0.717) is 24.2 Å². The second kappa shape index (κ2) is 5.05. The molecule has 2 heterocycles. The second-order valence-electron chi connectivity index (χ2n) is 4.28. The van der Waals surface area contributed by atoms with Crippen LogP contribution < -0.4 is 5.73 Å². The van der Waals surface area contributed by atoms with Gasteiger partial charge in [0.15, 0.2) is 0 Å². The Morgan fingerprint density at radius 2 is 2.00 bits per heavy atom. The molecule has 90 valence electrons. The number of aromatic nitrogens is 3. The van der Waals surface area contributed by atoms with Crippen LogP contribution in [0.3, 0.4) is 0 Å². The maximum atomic E-state index is 5.72. The molecule has 0 saturated carbocycles. The number of nitrogens with two attached hydrogens (primary N) is 1. The summed E-state index contributed by atoms with van der Waals surface area (Å²) in [5, 5.41) is 3.97. The first-order valence-electron chi connectivity index (χ1n) is 5.66. The third-order valence-electron chi connectivity index (χ3n) is 2.76. The molecule has 0 aliphatic rings. The monoisotopic (exact) mass is 232 g/mol. The summed E-state index contributed by atoms with van der Waals surface area (Å²) in [6, 6.07) is 3.70. The first kappa shape index (κ1) is 11.7. The third-order valence-corrected chi connectivity index (χ3v) is 2.76. The van der Waals surface area contributed by atoms with Crippen molar-refractivity contribution in [2.75, 3.05) is 6.54 Å². The molecule has 0 bridgehead atoms. The van der Waals surface area contributed by atoms with Gasteiger partial charge in [-0.05, 0) is 18.1 Å². The molecule has 2 N–H and O–H groups in total. The summed E-state index contributed by atoms with van der Waals surface area (Å²) in [4.78, 5) is 8.34. The summed E-state index contributed by atoms with van der Waals surface area (Å²) in [5.74, 6) is 1.68. The maximum absolute atomic E-state index is 5.72. The van der Waals surface area contributed by atoms with Crippen LogP contribution in [-0.4, -0.2) is 21.7 Å². The zero-order valence-electron chi connectivity index (χ0n) is 10.00. The van der Waals surface area contributed by atoms with E-state index in [4.69, 9.17) is 10.3 Å². The normalized spacial score (nSPS) is 12.9. The number of pyridine rings is 1. The molecule has 0 aromatic carbocycles. The summed E-state index contributed by atoms with van der Waals surface area (Å²) >= 11 is 0. The van der Waals surface area contributed by atoms with Gasteiger partial charge in [-0.2, -0.15) is 4.98 Å². The molecule has 0 fully saturated rings. The van der Waals surface area contributed by atoms with Gasteiger partial charge in [0, 0.05) is 24.5 Å². The first-order chi connectivity index (χ1) is 8.22. The Hall–Kier alpha value is -1.75. The summed E-state index contributed by atoms with van der Waals surface area (Å²) in [6.07, 6.45) is 3.41. The van der Waals surface area contributed by atoms with Gasteiger partial charge in [0.2, 0.25) is 11.7 Å². The highest BCUT2D eigenvalue weighted by Crippen LogP contribution is 2.24. The predicted molar refractivity (Wildman–Crippen MR) is 64.2 cm³/mol. The van der Waals surface area contributed by atoms with Crippen LogP contribution in [0.15, 0.2) is 29.0 Å². The SMILES string of the molecule is CC(C)C(CN)c1nc(-c2ccncc2)no1. The molecular formula is C12H16N4O. The lowest BCUT2D eigenvalue weighted by atomic mass is 9.96. The lowest BCUT2D eigenvalue weighted by molar-refractivity contribution is 0.324. The molecule has 5 nitrogen and oxygen atoms in total. The highest BCUT2D eigenvalue weighted by atomic mass is 16.5. The van der Waals surface area contributed by atoms with Gasteiger partial charge < -0.3 is 10.3 Å². The minimum absolute atomic E-state index is 0.109. The number of hydrogen-bond donors (Lipinski definition) is 1. The van der Waals surface area contributed by atoms with Gasteiger partial charge in [0.1, 0.15) is 0 Å². The number of hydrogen-bond acceptors (Lipinski definition) is 5. The van der Waals surface area contributed by atoms with Crippen molar-refractivity contribution in [3.63, 3.8) is 0 Å². The van der Waals surface area contributed by atoms with Gasteiger partial charge in [-0.15, -0.1) is 0 Å². The van der Waals surface area contributed by atoms with E-state index < -0.39 is 0 Å². The van der Waals surface area contributed by atoms with Gasteiger partial charge in [-0.25, -0.2) is 0 Å². The fourth-order valence-electron chi connectivity index (χ4n) is 1.66. The van der Waals surface area contributed by atoms with Crippen molar-refractivity contribution in [3.8, 4) is 11.4 Å². The first-order valence-corrected chi connectivity index (χ1v) is 5.66. The minimum Gasteiger partial charge on any atom is -0.339 e. The Bertz CT molecular complexity index is 466. The van der Waals surface area contributed by atoms with Crippen molar-refractivity contribution in [2.45, 2.75) is 19.8 Å². The molecule has 2 aromatic rings. The largest absolute Gasteiger partial charge is 0.339 e. The molecule has 2 aromatic heterocycles. The van der Waals surface area contributed by atoms with Crippen LogP contribution in [0.2, 0.25) is 0 Å². The highest BCUT2D eigenvalue weighted by Gasteiger charge is 2.21. The summed E-state index contributed by atoms with van der Waals surface area (Å²) < 4.78 is 5.27. The predicted octanol–water partition coefficient (Wildman–Crippen LogP) is 1.83. The van der Waals surface area contributed by atoms with Crippen LogP contribution in [0, 0.1) is 5.92 Å². The Kier molecular flexibility index (Phi) is 3.49. The van der Waals surface area contributed by atoms with E-state index in [0.717, 1.165) is 5.56 Å². The molecule has 0 spiro atoms. The van der Waals surface area contributed by atoms with E-state index in [-0.39, 0.29) is 5.92 Å². The summed E-state index contributed by atoms with van der Waals surface area (Å²) in [7, 11) is 0. The van der Waals surface area contributed by atoms with Crippen molar-refractivity contribution >= 4 is 0 Å². The van der Waals surface area contributed by atoms with E-state index in [9.17, 15) is 0 Å². The third kappa shape index (κ3) is 2.50. The van der Waals surface area contributed by atoms with E-state index in [1.807, 2.05) is 12.1 Å². The van der Waals surface area contributed by atoms with Crippen molar-refractivity contribution in [1.29, 1.82) is 0 Å². The minimum atomic E-state index is 0.109. The maximum Gasteiger partial charge on any atom is 0.231 e. The molecule has 0 aliphatic heterocycles. The second-order valence-corrected chi connectivity index (χ2v) is 4.28. The van der Waals surface area contributed by atoms with Crippen LogP contribution in [-0.2, 0) is 0 Å². The highest BCUT2D eigenvalue weighted by molar-refractivity contribution is 5.52. The lowest BCUT2D eigenvalue weighted by Crippen LogP contribution is -2.18. The molecule has 0 saturated heterocycles. The lowest BCUT2D eigenvalue weighted by Gasteiger charge is -2.13. The molecule has 0 aliphatic carbocycles. The molecule has 2 rings (SSSR count). The fraction of sp³-hybridized carbons (Fsp3) is 0.417. The Morgan fingerprint density at radius 3 is 2.59 bits per heavy atom. The summed E-state index contributed by atoms with van der Waals surface area (Å²) in [6.45, 7) is 4.69. The van der Waals surface area contributed by atoms with E-state index in [1.165, 1.54) is 0 Å². The smallest absolute Gasteiger partial charge is 0.231 e. The zero-order valence-corrected chi connectivity index (χ0v) is 10.00. The van der Waals surface area contributed by atoms with Crippen LogP contribution >= 0.6 is 0 Å². The van der Waals surface area contributed by atoms with E-state index in [1.54, 1.807) is 12.4 Å². The van der Waals surface area contributed by atoms with Gasteiger partial charge in [-0.3, -0.25) is 4.98 Å².